The van der Waals surface area contributed by atoms with E-state index >= 15 is 0 Å². The smallest absolute Gasteiger partial charge is 0.309 e. The van der Waals surface area contributed by atoms with E-state index in [0.29, 0.717) is 42.3 Å². The number of nitrogens with zero attached hydrogens (tertiary/aromatic N) is 1. The molecule has 0 radical (unpaired) electrons. The topological polar surface area (TPSA) is 104 Å². The van der Waals surface area contributed by atoms with Gasteiger partial charge in [0.15, 0.2) is 5.78 Å². The Morgan fingerprint density at radius 3 is 2.23 bits per heavy atom. The van der Waals surface area contributed by atoms with E-state index in [1.165, 1.54) is 5.57 Å². The van der Waals surface area contributed by atoms with E-state index in [0.717, 1.165) is 62.5 Å². The first kappa shape index (κ1) is 39.5. The van der Waals surface area contributed by atoms with Crippen LogP contribution in [-0.2, 0) is 25.7 Å². The van der Waals surface area contributed by atoms with Crippen molar-refractivity contribution in [1.29, 1.82) is 0 Å². The maximum absolute atomic E-state index is 14.0. The Morgan fingerprint density at radius 2 is 1.60 bits per heavy atom. The molecule has 2 N–H and O–H groups in total. The molecule has 0 aliphatic heterocycles. The van der Waals surface area contributed by atoms with Crippen molar-refractivity contribution < 1.29 is 29.3 Å². The summed E-state index contributed by atoms with van der Waals surface area (Å²) in [4.78, 5) is 41.0. The van der Waals surface area contributed by atoms with Crippen LogP contribution in [-0.4, -0.2) is 58.6 Å². The lowest BCUT2D eigenvalue weighted by molar-refractivity contribution is -0.205. The van der Waals surface area contributed by atoms with Gasteiger partial charge in [-0.1, -0.05) is 70.8 Å². The molecule has 5 aliphatic rings. The summed E-state index contributed by atoms with van der Waals surface area (Å²) in [7, 11) is 2.06. The Balaban J connectivity index is 1.24. The SMILES string of the molecule is CC(C)C1=C2[C@H]3CCC4[C@@H](CCC5C(C)(C)[C@@H](OC(=O)CC(C)(C)C(=O)O)CC[C@]45C)[C@]3(C)CC[C@@]2([C@H](O)CN(C)Cc2ccc(Cl)cc2)CC1=O. The number of ketones is 1. The molecule has 52 heavy (non-hydrogen) atoms. The van der Waals surface area contributed by atoms with Gasteiger partial charge in [-0.25, -0.2) is 0 Å². The molecular weight excluding hydrogens is 674 g/mol. The first-order valence-electron chi connectivity index (χ1n) is 20.0. The molecule has 4 saturated carbocycles. The summed E-state index contributed by atoms with van der Waals surface area (Å²) in [6.07, 6.45) is 7.40. The van der Waals surface area contributed by atoms with E-state index in [-0.39, 0.29) is 46.4 Å². The average molecular weight is 738 g/mol. The summed E-state index contributed by atoms with van der Waals surface area (Å²) < 4.78 is 6.15. The predicted octanol–water partition coefficient (Wildman–Crippen LogP) is 9.14. The molecule has 2 unspecified atom stereocenters. The lowest BCUT2D eigenvalue weighted by atomic mass is 9.37. The van der Waals surface area contributed by atoms with Crippen molar-refractivity contribution >= 4 is 29.3 Å². The molecule has 0 aromatic heterocycles. The summed E-state index contributed by atoms with van der Waals surface area (Å²) >= 11 is 6.14. The van der Waals surface area contributed by atoms with Crippen molar-refractivity contribution in [3.05, 3.63) is 46.0 Å². The van der Waals surface area contributed by atoms with Gasteiger partial charge in [-0.3, -0.25) is 19.3 Å². The first-order chi connectivity index (χ1) is 24.2. The van der Waals surface area contributed by atoms with Gasteiger partial charge in [0.1, 0.15) is 6.10 Å². The van der Waals surface area contributed by atoms with Crippen molar-refractivity contribution in [3.8, 4) is 0 Å². The molecule has 0 bridgehead atoms. The maximum Gasteiger partial charge on any atom is 0.309 e. The van der Waals surface area contributed by atoms with Crippen LogP contribution in [0.3, 0.4) is 0 Å². The zero-order valence-electron chi connectivity index (χ0n) is 33.2. The highest BCUT2D eigenvalue weighted by atomic mass is 35.5. The number of aliphatic hydroxyl groups excluding tert-OH is 1. The normalized spacial score (nSPS) is 36.2. The summed E-state index contributed by atoms with van der Waals surface area (Å²) in [6.45, 7) is 18.3. The minimum atomic E-state index is -1.16. The standard InChI is InChI=1S/C44H64ClNO6/c1-26(2)37-32(47)22-44(34(48)25-46(9)24-27-10-12-28(45)13-11-27)21-20-42(7)29-16-17-33-41(5,6)35(52-36(49)23-40(3,4)39(50)51)18-19-43(33,8)30(29)14-15-31(42)38(37)44/h10-13,26,29-31,33-35,48H,14-25H2,1-9H3,(H,50,51)/t29-,30?,31-,33?,34-,35+,42+,43-,44+/m1/s1. The average Bonchev–Trinajstić information content (AvgIpc) is 3.36. The van der Waals surface area contributed by atoms with Gasteiger partial charge < -0.3 is 14.9 Å². The number of ether oxygens (including phenoxy) is 1. The number of halogens is 1. The molecule has 5 aliphatic carbocycles. The molecule has 7 nitrogen and oxygen atoms in total. The fourth-order valence-corrected chi connectivity index (χ4v) is 13.0. The van der Waals surface area contributed by atoms with E-state index in [4.69, 9.17) is 16.3 Å². The molecule has 4 fully saturated rings. The number of aliphatic hydroxyl groups is 1. The Kier molecular flexibility index (Phi) is 10.5. The number of benzene rings is 1. The van der Waals surface area contributed by atoms with Crippen LogP contribution >= 0.6 is 11.6 Å². The van der Waals surface area contributed by atoms with Gasteiger partial charge in [-0.15, -0.1) is 0 Å². The number of allylic oxidation sites excluding steroid dienone is 1. The van der Waals surface area contributed by atoms with E-state index < -0.39 is 28.9 Å². The second kappa shape index (κ2) is 13.8. The van der Waals surface area contributed by atoms with Crippen LogP contribution in [0.5, 0.6) is 0 Å². The molecule has 0 spiro atoms. The van der Waals surface area contributed by atoms with Crippen LogP contribution in [0.1, 0.15) is 125 Å². The van der Waals surface area contributed by atoms with Gasteiger partial charge in [-0.2, -0.15) is 0 Å². The molecule has 288 valence electrons. The van der Waals surface area contributed by atoms with Crippen LogP contribution in [0.2, 0.25) is 5.02 Å². The molecule has 8 heteroatoms. The zero-order valence-corrected chi connectivity index (χ0v) is 33.9. The number of likely N-dealkylation sites (N-methyl/N-ethyl adjacent to an activating group) is 1. The summed E-state index contributed by atoms with van der Waals surface area (Å²) in [5.74, 6) is 0.696. The van der Waals surface area contributed by atoms with Crippen molar-refractivity contribution in [1.82, 2.24) is 4.90 Å². The molecule has 0 amide bonds. The van der Waals surface area contributed by atoms with Crippen LogP contribution < -0.4 is 0 Å². The first-order valence-corrected chi connectivity index (χ1v) is 20.4. The van der Waals surface area contributed by atoms with Crippen molar-refractivity contribution in [3.63, 3.8) is 0 Å². The Morgan fingerprint density at radius 1 is 0.962 bits per heavy atom. The quantitative estimate of drug-likeness (QED) is 0.231. The largest absolute Gasteiger partial charge is 0.481 e. The van der Waals surface area contributed by atoms with Gasteiger partial charge in [0.05, 0.1) is 17.9 Å². The monoisotopic (exact) mass is 737 g/mol. The van der Waals surface area contributed by atoms with Gasteiger partial charge in [0.25, 0.3) is 0 Å². The number of hydrogen-bond donors (Lipinski definition) is 2. The number of esters is 1. The van der Waals surface area contributed by atoms with Crippen molar-refractivity contribution in [2.45, 2.75) is 138 Å². The second-order valence-electron chi connectivity index (χ2n) is 19.8. The van der Waals surface area contributed by atoms with Gasteiger partial charge >= 0.3 is 11.9 Å². The number of hydrogen-bond acceptors (Lipinski definition) is 6. The van der Waals surface area contributed by atoms with Crippen LogP contribution in [0, 0.1) is 56.7 Å². The second-order valence-corrected chi connectivity index (χ2v) is 20.2. The molecule has 0 heterocycles. The minimum absolute atomic E-state index is 0.0469. The molecule has 6 rings (SSSR count). The summed E-state index contributed by atoms with van der Waals surface area (Å²) in [5, 5.41) is 22.6. The zero-order chi connectivity index (χ0) is 38.2. The third-order valence-electron chi connectivity index (χ3n) is 15.5. The highest BCUT2D eigenvalue weighted by molar-refractivity contribution is 6.30. The van der Waals surface area contributed by atoms with E-state index in [9.17, 15) is 24.6 Å². The number of carboxylic acid groups (broad SMARTS) is 1. The number of rotatable bonds is 10. The van der Waals surface area contributed by atoms with Crippen LogP contribution in [0.25, 0.3) is 0 Å². The minimum Gasteiger partial charge on any atom is -0.481 e. The fourth-order valence-electron chi connectivity index (χ4n) is 12.8. The highest BCUT2D eigenvalue weighted by Crippen LogP contribution is 2.73. The lowest BCUT2D eigenvalue weighted by Gasteiger charge is -2.68. The van der Waals surface area contributed by atoms with E-state index in [2.05, 4.69) is 53.5 Å². The molecule has 9 atom stereocenters. The fraction of sp³-hybridized carbons (Fsp3) is 0.750. The van der Waals surface area contributed by atoms with Crippen LogP contribution in [0.15, 0.2) is 35.4 Å². The van der Waals surface area contributed by atoms with Gasteiger partial charge in [-0.05, 0) is 136 Å². The van der Waals surface area contributed by atoms with Gasteiger partial charge in [0, 0.05) is 35.4 Å². The third-order valence-corrected chi connectivity index (χ3v) is 15.8. The summed E-state index contributed by atoms with van der Waals surface area (Å²) in [6, 6.07) is 7.89. The Hall–Kier alpha value is -2.22. The lowest BCUT2D eigenvalue weighted by Crippen LogP contribution is -2.62. The predicted molar refractivity (Wildman–Crippen MR) is 205 cm³/mol. The Labute approximate surface area is 317 Å². The van der Waals surface area contributed by atoms with Crippen molar-refractivity contribution in [2.24, 2.45) is 56.7 Å². The molecule has 0 saturated heterocycles. The molecular formula is C44H64ClNO6. The van der Waals surface area contributed by atoms with E-state index in [1.54, 1.807) is 13.8 Å². The summed E-state index contributed by atoms with van der Waals surface area (Å²) in [5.41, 5.74) is 1.70. The van der Waals surface area contributed by atoms with E-state index in [1.807, 2.05) is 24.3 Å². The number of carbonyl (C=O) groups is 3. The number of aliphatic carboxylic acids is 1. The molecule has 1 aromatic rings. The van der Waals surface area contributed by atoms with Crippen LogP contribution in [0.4, 0.5) is 0 Å². The molecule has 1 aromatic carbocycles. The number of fused-ring (bicyclic) bond motifs is 7. The number of Topliss-reactive ketones (excluding diaryl/α,β-unsaturated/α-hetero) is 1. The third kappa shape index (κ3) is 6.51. The van der Waals surface area contributed by atoms with Crippen molar-refractivity contribution in [2.75, 3.05) is 13.6 Å². The maximum atomic E-state index is 14.0. The number of carbonyl (C=O) groups excluding carboxylic acids is 2. The Bertz CT molecular complexity index is 1600. The van der Waals surface area contributed by atoms with Gasteiger partial charge in [0.2, 0.25) is 0 Å². The number of carboxylic acids is 1. The highest BCUT2D eigenvalue weighted by Gasteiger charge is 2.67.